The van der Waals surface area contributed by atoms with E-state index in [4.69, 9.17) is 9.47 Å². The first-order chi connectivity index (χ1) is 16.4. The molecule has 0 saturated carbocycles. The molecule has 0 spiro atoms. The minimum absolute atomic E-state index is 0.182. The molecule has 0 unspecified atom stereocenters. The number of amides is 2. The number of hydrogen-bond acceptors (Lipinski definition) is 6. The van der Waals surface area contributed by atoms with Gasteiger partial charge in [0.1, 0.15) is 18.9 Å². The van der Waals surface area contributed by atoms with Gasteiger partial charge in [-0.3, -0.25) is 19.3 Å². The fraction of sp³-hybridized carbons (Fsp3) is 0.160. The van der Waals surface area contributed by atoms with Gasteiger partial charge in [0.2, 0.25) is 0 Å². The van der Waals surface area contributed by atoms with Gasteiger partial charge >= 0.3 is 5.97 Å². The van der Waals surface area contributed by atoms with Gasteiger partial charge in [-0.2, -0.15) is 0 Å². The van der Waals surface area contributed by atoms with Crippen molar-refractivity contribution in [1.29, 1.82) is 0 Å². The molecule has 34 heavy (non-hydrogen) atoms. The van der Waals surface area contributed by atoms with Crippen LogP contribution in [0.1, 0.15) is 18.1 Å². The first-order valence-corrected chi connectivity index (χ1v) is 12.8. The van der Waals surface area contributed by atoms with Crippen LogP contribution in [0.3, 0.4) is 0 Å². The number of fused-ring (bicyclic) bond motifs is 1. The Morgan fingerprint density at radius 1 is 1.06 bits per heavy atom. The predicted molar refractivity (Wildman–Crippen MR) is 139 cm³/mol. The second kappa shape index (κ2) is 10.8. The fourth-order valence-electron chi connectivity index (χ4n) is 3.49. The lowest BCUT2D eigenvalue weighted by Gasteiger charge is -2.13. The van der Waals surface area contributed by atoms with Crippen LogP contribution in [0.25, 0.3) is 16.8 Å². The number of nitrogens with zero attached hydrogens (tertiary/aromatic N) is 1. The third-order valence-electron chi connectivity index (χ3n) is 5.04. The molecule has 2 amide bonds. The summed E-state index contributed by atoms with van der Waals surface area (Å²) in [5, 5.41) is 1.78. The average Bonchev–Trinajstić information content (AvgIpc) is 3.06. The van der Waals surface area contributed by atoms with Gasteiger partial charge in [0.25, 0.3) is 11.1 Å². The maximum atomic E-state index is 12.6. The third kappa shape index (κ3) is 5.37. The number of carbonyl (C=O) groups excluding carboxylic acids is 3. The number of hydrogen-bond donors (Lipinski definition) is 0. The molecule has 1 heterocycles. The molecule has 9 heteroatoms. The Bertz CT molecular complexity index is 1300. The summed E-state index contributed by atoms with van der Waals surface area (Å²) >= 11 is 7.88. The highest BCUT2D eigenvalue weighted by Crippen LogP contribution is 2.38. The van der Waals surface area contributed by atoms with Crippen LogP contribution in [0.2, 0.25) is 0 Å². The first-order valence-electron chi connectivity index (χ1n) is 10.4. The van der Waals surface area contributed by atoms with Crippen LogP contribution in [0.4, 0.5) is 4.79 Å². The van der Waals surface area contributed by atoms with E-state index in [0.29, 0.717) is 26.9 Å². The van der Waals surface area contributed by atoms with Crippen molar-refractivity contribution in [2.75, 3.05) is 13.2 Å². The Balaban J connectivity index is 1.51. The van der Waals surface area contributed by atoms with Crippen molar-refractivity contribution in [1.82, 2.24) is 4.90 Å². The minimum Gasteiger partial charge on any atom is -0.487 e. The van der Waals surface area contributed by atoms with Crippen LogP contribution >= 0.6 is 43.6 Å². The van der Waals surface area contributed by atoms with Crippen molar-refractivity contribution >= 4 is 77.6 Å². The summed E-state index contributed by atoms with van der Waals surface area (Å²) in [6, 6.07) is 17.8. The van der Waals surface area contributed by atoms with Gasteiger partial charge in [-0.15, -0.1) is 0 Å². The fourth-order valence-corrected chi connectivity index (χ4v) is 5.78. The first kappa shape index (κ1) is 24.5. The Kier molecular flexibility index (Phi) is 7.75. The lowest BCUT2D eigenvalue weighted by molar-refractivity contribution is -0.145. The van der Waals surface area contributed by atoms with Crippen molar-refractivity contribution in [3.63, 3.8) is 0 Å². The molecule has 0 aromatic heterocycles. The Morgan fingerprint density at radius 3 is 2.50 bits per heavy atom. The van der Waals surface area contributed by atoms with Gasteiger partial charge in [0.15, 0.2) is 0 Å². The summed E-state index contributed by atoms with van der Waals surface area (Å²) in [6.45, 7) is 1.83. The zero-order chi connectivity index (χ0) is 24.2. The van der Waals surface area contributed by atoms with E-state index in [2.05, 4.69) is 50.1 Å². The molecular formula is C25H19Br2NO5S. The van der Waals surface area contributed by atoms with E-state index in [0.717, 1.165) is 33.0 Å². The van der Waals surface area contributed by atoms with Crippen molar-refractivity contribution < 1.29 is 23.9 Å². The summed E-state index contributed by atoms with van der Waals surface area (Å²) in [7, 11) is 0. The molecule has 6 nitrogen and oxygen atoms in total. The normalized spacial score (nSPS) is 14.8. The maximum Gasteiger partial charge on any atom is 0.326 e. The standard InChI is InChI=1S/C25H19Br2NO5S/c1-2-32-22(29)13-28-24(30)21(34-25(28)31)12-15-10-19(26)23(20(27)11-15)33-14-17-8-5-7-16-6-3-4-9-18(16)17/h3-12H,2,13-14H2,1H3/b21-12-. The highest BCUT2D eigenvalue weighted by atomic mass is 79.9. The minimum atomic E-state index is -0.621. The quantitative estimate of drug-likeness (QED) is 0.225. The number of rotatable bonds is 7. The molecule has 174 valence electrons. The number of imide groups is 1. The molecule has 1 saturated heterocycles. The van der Waals surface area contributed by atoms with E-state index in [1.165, 1.54) is 0 Å². The van der Waals surface area contributed by atoms with E-state index >= 15 is 0 Å². The van der Waals surface area contributed by atoms with Crippen LogP contribution in [0, 0.1) is 0 Å². The van der Waals surface area contributed by atoms with Crippen molar-refractivity contribution in [3.8, 4) is 5.75 Å². The summed E-state index contributed by atoms with van der Waals surface area (Å²) in [5.74, 6) is -0.517. The van der Waals surface area contributed by atoms with Crippen molar-refractivity contribution in [2.45, 2.75) is 13.5 Å². The maximum absolute atomic E-state index is 12.6. The van der Waals surface area contributed by atoms with Gasteiger partial charge < -0.3 is 9.47 Å². The number of thioether (sulfide) groups is 1. The zero-order valence-corrected chi connectivity index (χ0v) is 22.0. The second-order valence-corrected chi connectivity index (χ2v) is 10.0. The third-order valence-corrected chi connectivity index (χ3v) is 7.12. The Labute approximate surface area is 217 Å². The van der Waals surface area contributed by atoms with Crippen molar-refractivity contribution in [2.24, 2.45) is 0 Å². The van der Waals surface area contributed by atoms with Crippen LogP contribution in [0.15, 0.2) is 68.4 Å². The SMILES string of the molecule is CCOC(=O)CN1C(=O)S/C(=C\c2cc(Br)c(OCc3cccc4ccccc34)c(Br)c2)C1=O. The van der Waals surface area contributed by atoms with E-state index in [1.807, 2.05) is 36.4 Å². The molecule has 1 fully saturated rings. The van der Waals surface area contributed by atoms with Gasteiger partial charge in [0.05, 0.1) is 20.5 Å². The summed E-state index contributed by atoms with van der Waals surface area (Å²) in [5.41, 5.74) is 1.76. The van der Waals surface area contributed by atoms with E-state index in [-0.39, 0.29) is 11.5 Å². The molecule has 1 aliphatic rings. The average molecular weight is 605 g/mol. The lowest BCUT2D eigenvalue weighted by Crippen LogP contribution is -2.34. The molecule has 3 aromatic carbocycles. The highest BCUT2D eigenvalue weighted by molar-refractivity contribution is 9.11. The smallest absolute Gasteiger partial charge is 0.326 e. The zero-order valence-electron chi connectivity index (χ0n) is 18.0. The number of benzene rings is 3. The van der Waals surface area contributed by atoms with Crippen molar-refractivity contribution in [3.05, 3.63) is 79.6 Å². The molecule has 1 aliphatic heterocycles. The van der Waals surface area contributed by atoms with Gasteiger partial charge in [-0.1, -0.05) is 42.5 Å². The van der Waals surface area contributed by atoms with Gasteiger partial charge in [-0.05, 0) is 90.7 Å². The molecule has 0 atom stereocenters. The summed E-state index contributed by atoms with van der Waals surface area (Å²) in [6.07, 6.45) is 1.61. The van der Waals surface area contributed by atoms with E-state index in [1.54, 1.807) is 13.0 Å². The summed E-state index contributed by atoms with van der Waals surface area (Å²) < 4.78 is 12.3. The van der Waals surface area contributed by atoms with Crippen LogP contribution in [-0.4, -0.2) is 35.2 Å². The highest BCUT2D eigenvalue weighted by Gasteiger charge is 2.36. The number of ether oxygens (including phenoxy) is 2. The monoisotopic (exact) mass is 603 g/mol. The lowest BCUT2D eigenvalue weighted by atomic mass is 10.1. The molecule has 0 radical (unpaired) electrons. The molecule has 0 N–H and O–H groups in total. The number of carbonyl (C=O) groups is 3. The van der Waals surface area contributed by atoms with E-state index in [9.17, 15) is 14.4 Å². The topological polar surface area (TPSA) is 72.9 Å². The Morgan fingerprint density at radius 2 is 1.76 bits per heavy atom. The molecular weight excluding hydrogens is 586 g/mol. The Hall–Kier alpha value is -2.62. The molecule has 0 aliphatic carbocycles. The largest absolute Gasteiger partial charge is 0.487 e. The number of halogens is 2. The van der Waals surface area contributed by atoms with Gasteiger partial charge in [-0.25, -0.2) is 0 Å². The van der Waals surface area contributed by atoms with Crippen LogP contribution < -0.4 is 4.74 Å². The number of esters is 1. The predicted octanol–water partition coefficient (Wildman–Crippen LogP) is 6.54. The van der Waals surface area contributed by atoms with Crippen LogP contribution in [-0.2, 0) is 20.9 Å². The molecule has 0 bridgehead atoms. The molecule has 4 rings (SSSR count). The summed E-state index contributed by atoms with van der Waals surface area (Å²) in [4.78, 5) is 37.6. The second-order valence-electron chi connectivity index (χ2n) is 7.31. The van der Waals surface area contributed by atoms with E-state index < -0.39 is 23.7 Å². The van der Waals surface area contributed by atoms with Gasteiger partial charge in [0, 0.05) is 0 Å². The van der Waals surface area contributed by atoms with Crippen LogP contribution in [0.5, 0.6) is 5.75 Å². The molecule has 3 aromatic rings.